The first-order chi connectivity index (χ1) is 16.3. The van der Waals surface area contributed by atoms with E-state index in [0.717, 1.165) is 27.8 Å². The SMILES string of the molecule is Cc1ccc(S(=O)(=O)O)c(CC2Cc3cc(-c4ccccc4)cc(-c4cccc(F)c4)c3O2)c1. The summed E-state index contributed by atoms with van der Waals surface area (Å²) in [6, 6.07) is 25.3. The number of aryl methyl sites for hydroxylation is 1. The molecule has 34 heavy (non-hydrogen) atoms. The van der Waals surface area contributed by atoms with E-state index < -0.39 is 10.1 Å². The van der Waals surface area contributed by atoms with E-state index in [9.17, 15) is 17.4 Å². The second kappa shape index (κ2) is 8.70. The molecule has 0 aliphatic carbocycles. The molecule has 5 rings (SSSR count). The fourth-order valence-corrected chi connectivity index (χ4v) is 5.29. The summed E-state index contributed by atoms with van der Waals surface area (Å²) >= 11 is 0. The number of rotatable bonds is 5. The minimum absolute atomic E-state index is 0.104. The van der Waals surface area contributed by atoms with Crippen LogP contribution in [0.2, 0.25) is 0 Å². The molecule has 0 radical (unpaired) electrons. The molecule has 4 aromatic carbocycles. The van der Waals surface area contributed by atoms with Crippen molar-refractivity contribution in [3.63, 3.8) is 0 Å². The molecule has 172 valence electrons. The predicted octanol–water partition coefficient (Wildman–Crippen LogP) is 6.26. The lowest BCUT2D eigenvalue weighted by Gasteiger charge is -2.15. The van der Waals surface area contributed by atoms with Crippen LogP contribution in [0.5, 0.6) is 5.75 Å². The Morgan fingerprint density at radius 1 is 0.912 bits per heavy atom. The second-order valence-electron chi connectivity index (χ2n) is 8.62. The molecule has 1 atom stereocenters. The van der Waals surface area contributed by atoms with Gasteiger partial charge in [0.25, 0.3) is 10.1 Å². The molecule has 0 bridgehead atoms. The van der Waals surface area contributed by atoms with Gasteiger partial charge in [-0.15, -0.1) is 0 Å². The van der Waals surface area contributed by atoms with Crippen molar-refractivity contribution in [3.8, 4) is 28.0 Å². The summed E-state index contributed by atoms with van der Waals surface area (Å²) in [6.45, 7) is 1.87. The summed E-state index contributed by atoms with van der Waals surface area (Å²) in [5, 5.41) is 0. The molecule has 0 saturated heterocycles. The molecule has 0 saturated carbocycles. The third-order valence-corrected chi connectivity index (χ3v) is 7.04. The first-order valence-corrected chi connectivity index (χ1v) is 12.4. The van der Waals surface area contributed by atoms with Crippen molar-refractivity contribution in [2.75, 3.05) is 0 Å². The first kappa shape index (κ1) is 22.3. The van der Waals surface area contributed by atoms with E-state index in [1.165, 1.54) is 18.2 Å². The van der Waals surface area contributed by atoms with Crippen molar-refractivity contribution in [2.45, 2.75) is 30.8 Å². The van der Waals surface area contributed by atoms with Gasteiger partial charge in [-0.05, 0) is 65.1 Å². The van der Waals surface area contributed by atoms with Crippen molar-refractivity contribution in [3.05, 3.63) is 107 Å². The zero-order valence-corrected chi connectivity index (χ0v) is 19.3. The summed E-state index contributed by atoms with van der Waals surface area (Å²) < 4.78 is 53.9. The van der Waals surface area contributed by atoms with E-state index in [4.69, 9.17) is 4.74 Å². The Hall–Kier alpha value is -3.48. The quantitative estimate of drug-likeness (QED) is 0.347. The van der Waals surface area contributed by atoms with Crippen molar-refractivity contribution in [1.29, 1.82) is 0 Å². The van der Waals surface area contributed by atoms with Crippen LogP contribution >= 0.6 is 0 Å². The van der Waals surface area contributed by atoms with Gasteiger partial charge in [0.1, 0.15) is 17.7 Å². The number of benzene rings is 4. The molecule has 1 aliphatic rings. The molecule has 0 fully saturated rings. The van der Waals surface area contributed by atoms with Crippen LogP contribution in [-0.2, 0) is 23.0 Å². The van der Waals surface area contributed by atoms with Gasteiger partial charge in [0.15, 0.2) is 0 Å². The van der Waals surface area contributed by atoms with Crippen LogP contribution in [0, 0.1) is 12.7 Å². The van der Waals surface area contributed by atoms with E-state index >= 15 is 0 Å². The van der Waals surface area contributed by atoms with Crippen molar-refractivity contribution >= 4 is 10.1 Å². The minimum atomic E-state index is -4.36. The van der Waals surface area contributed by atoms with Gasteiger partial charge in [0.2, 0.25) is 0 Å². The van der Waals surface area contributed by atoms with Gasteiger partial charge < -0.3 is 4.74 Å². The Labute approximate surface area is 198 Å². The predicted molar refractivity (Wildman–Crippen MR) is 130 cm³/mol. The molecule has 1 unspecified atom stereocenters. The third-order valence-electron chi connectivity index (χ3n) is 6.08. The zero-order chi connectivity index (χ0) is 23.9. The van der Waals surface area contributed by atoms with E-state index in [1.54, 1.807) is 18.2 Å². The minimum Gasteiger partial charge on any atom is -0.489 e. The second-order valence-corrected chi connectivity index (χ2v) is 10.0. The normalized spacial score (nSPS) is 15.1. The molecule has 0 aromatic heterocycles. The van der Waals surface area contributed by atoms with Gasteiger partial charge in [-0.2, -0.15) is 8.42 Å². The largest absolute Gasteiger partial charge is 0.489 e. The van der Waals surface area contributed by atoms with Crippen molar-refractivity contribution < 1.29 is 22.1 Å². The van der Waals surface area contributed by atoms with E-state index in [1.807, 2.05) is 49.4 Å². The first-order valence-electron chi connectivity index (χ1n) is 11.0. The molecular weight excluding hydrogens is 451 g/mol. The van der Waals surface area contributed by atoms with Gasteiger partial charge in [0, 0.05) is 18.4 Å². The molecule has 0 spiro atoms. The molecule has 1 aliphatic heterocycles. The average molecular weight is 475 g/mol. The Morgan fingerprint density at radius 2 is 1.68 bits per heavy atom. The summed E-state index contributed by atoms with van der Waals surface area (Å²) in [4.78, 5) is -0.104. The number of hydrogen-bond acceptors (Lipinski definition) is 3. The van der Waals surface area contributed by atoms with Crippen LogP contribution in [0.4, 0.5) is 4.39 Å². The fourth-order valence-electron chi connectivity index (χ4n) is 4.58. The Morgan fingerprint density at radius 3 is 2.41 bits per heavy atom. The maximum atomic E-state index is 14.1. The van der Waals surface area contributed by atoms with Crippen LogP contribution in [0.3, 0.4) is 0 Å². The van der Waals surface area contributed by atoms with Gasteiger partial charge in [0.05, 0.1) is 4.90 Å². The number of halogens is 1. The number of ether oxygens (including phenoxy) is 1. The van der Waals surface area contributed by atoms with Crippen LogP contribution < -0.4 is 4.74 Å². The van der Waals surface area contributed by atoms with Gasteiger partial charge in [-0.1, -0.05) is 60.2 Å². The number of hydrogen-bond donors (Lipinski definition) is 1. The zero-order valence-electron chi connectivity index (χ0n) is 18.5. The smallest absolute Gasteiger partial charge is 0.294 e. The molecule has 4 aromatic rings. The lowest BCUT2D eigenvalue weighted by atomic mass is 9.93. The topological polar surface area (TPSA) is 63.6 Å². The van der Waals surface area contributed by atoms with Gasteiger partial charge in [-0.25, -0.2) is 4.39 Å². The molecule has 1 N–H and O–H groups in total. The molecule has 1 heterocycles. The maximum Gasteiger partial charge on any atom is 0.294 e. The van der Waals surface area contributed by atoms with E-state index in [2.05, 4.69) is 6.07 Å². The summed E-state index contributed by atoms with van der Waals surface area (Å²) in [6.07, 6.45) is 0.557. The van der Waals surface area contributed by atoms with E-state index in [-0.39, 0.29) is 16.8 Å². The number of fused-ring (bicyclic) bond motifs is 1. The summed E-state index contributed by atoms with van der Waals surface area (Å²) in [7, 11) is -4.36. The highest BCUT2D eigenvalue weighted by molar-refractivity contribution is 7.85. The van der Waals surface area contributed by atoms with Gasteiger partial charge in [-0.3, -0.25) is 4.55 Å². The summed E-state index contributed by atoms with van der Waals surface area (Å²) in [5.74, 6) is 0.347. The Bertz CT molecular complexity index is 1480. The van der Waals surface area contributed by atoms with Gasteiger partial charge >= 0.3 is 0 Å². The van der Waals surface area contributed by atoms with E-state index in [0.29, 0.717) is 29.7 Å². The molecular formula is C28H23FO4S. The van der Waals surface area contributed by atoms with Crippen molar-refractivity contribution in [1.82, 2.24) is 0 Å². The Kier molecular flexibility index (Phi) is 5.71. The highest BCUT2D eigenvalue weighted by Crippen LogP contribution is 2.43. The monoisotopic (exact) mass is 474 g/mol. The lowest BCUT2D eigenvalue weighted by molar-refractivity contribution is 0.233. The highest BCUT2D eigenvalue weighted by atomic mass is 32.2. The Balaban J connectivity index is 1.56. The van der Waals surface area contributed by atoms with Crippen molar-refractivity contribution in [2.24, 2.45) is 0 Å². The van der Waals surface area contributed by atoms with Crippen LogP contribution in [-0.4, -0.2) is 19.1 Å². The summed E-state index contributed by atoms with van der Waals surface area (Å²) in [5.41, 5.74) is 5.92. The molecule has 6 heteroatoms. The molecule has 4 nitrogen and oxygen atoms in total. The van der Waals surface area contributed by atoms with Crippen LogP contribution in [0.15, 0.2) is 89.8 Å². The third kappa shape index (κ3) is 4.47. The standard InChI is InChI=1S/C28H23FO4S/c1-18-10-11-27(34(30,31)32)22(12-18)15-25-16-23-13-21(19-6-3-2-4-7-19)17-26(28(23)33-25)20-8-5-9-24(29)14-20/h2-14,17,25H,15-16H2,1H3,(H,30,31,32). The highest BCUT2D eigenvalue weighted by Gasteiger charge is 2.29. The molecule has 0 amide bonds. The fraction of sp³-hybridized carbons (Fsp3) is 0.143. The maximum absolute atomic E-state index is 14.1. The van der Waals surface area contributed by atoms with Crippen LogP contribution in [0.25, 0.3) is 22.3 Å². The van der Waals surface area contributed by atoms with Crippen LogP contribution in [0.1, 0.15) is 16.7 Å². The lowest BCUT2D eigenvalue weighted by Crippen LogP contribution is -2.18. The average Bonchev–Trinajstić information content (AvgIpc) is 3.20.